The highest BCUT2D eigenvalue weighted by Crippen LogP contribution is 2.23. The zero-order chi connectivity index (χ0) is 20.4. The summed E-state index contributed by atoms with van der Waals surface area (Å²) in [7, 11) is 0. The fraction of sp³-hybridized carbons (Fsp3) is 0.143. The second kappa shape index (κ2) is 8.00. The molecule has 0 aliphatic carbocycles. The molecule has 0 aliphatic heterocycles. The van der Waals surface area contributed by atoms with E-state index in [1.54, 1.807) is 24.5 Å². The molecule has 7 nitrogen and oxygen atoms in total. The van der Waals surface area contributed by atoms with Crippen LogP contribution < -0.4 is 10.1 Å². The Balaban J connectivity index is 1.46. The van der Waals surface area contributed by atoms with Gasteiger partial charge < -0.3 is 10.1 Å². The van der Waals surface area contributed by atoms with Gasteiger partial charge in [-0.1, -0.05) is 22.0 Å². The first kappa shape index (κ1) is 19.1. The van der Waals surface area contributed by atoms with Crippen LogP contribution in [-0.2, 0) is 0 Å². The number of halogens is 1. The van der Waals surface area contributed by atoms with Gasteiger partial charge >= 0.3 is 0 Å². The van der Waals surface area contributed by atoms with E-state index in [1.807, 2.05) is 48.9 Å². The molecule has 0 aliphatic rings. The Labute approximate surface area is 175 Å². The largest absolute Gasteiger partial charge is 0.439 e. The van der Waals surface area contributed by atoms with Crippen molar-refractivity contribution in [2.45, 2.75) is 19.9 Å². The number of nitrogens with zero attached hydrogens (tertiary/aromatic N) is 4. The molecule has 146 valence electrons. The molecule has 29 heavy (non-hydrogen) atoms. The summed E-state index contributed by atoms with van der Waals surface area (Å²) in [6.45, 7) is 4.08. The van der Waals surface area contributed by atoms with E-state index in [1.165, 1.54) is 6.20 Å². The molecule has 3 heterocycles. The van der Waals surface area contributed by atoms with E-state index >= 15 is 0 Å². The molecular formula is C21H18BrN5O2. The van der Waals surface area contributed by atoms with Crippen molar-refractivity contribution in [3.05, 3.63) is 71.1 Å². The van der Waals surface area contributed by atoms with Crippen LogP contribution in [-0.4, -0.2) is 25.7 Å². The SMILES string of the molecule is CC(C)n1ncc2cc(NC(=O)c3ccc(Oc4cccc(Br)c4)nc3)cnc21. The second-order valence-electron chi connectivity index (χ2n) is 6.72. The average Bonchev–Trinajstić information content (AvgIpc) is 3.12. The van der Waals surface area contributed by atoms with Gasteiger partial charge in [0.1, 0.15) is 5.75 Å². The van der Waals surface area contributed by atoms with E-state index in [0.29, 0.717) is 22.9 Å². The van der Waals surface area contributed by atoms with Crippen LogP contribution in [0.2, 0.25) is 0 Å². The number of ether oxygens (including phenoxy) is 1. The molecule has 1 amide bonds. The number of nitrogens with one attached hydrogen (secondary N) is 1. The molecule has 4 rings (SSSR count). The van der Waals surface area contributed by atoms with E-state index in [0.717, 1.165) is 15.5 Å². The zero-order valence-corrected chi connectivity index (χ0v) is 17.4. The van der Waals surface area contributed by atoms with Gasteiger partial charge in [0, 0.05) is 28.2 Å². The molecule has 3 aromatic heterocycles. The van der Waals surface area contributed by atoms with Crippen LogP contribution in [0.4, 0.5) is 5.69 Å². The summed E-state index contributed by atoms with van der Waals surface area (Å²) in [5.74, 6) is 0.790. The first-order valence-corrected chi connectivity index (χ1v) is 9.83. The van der Waals surface area contributed by atoms with E-state index < -0.39 is 0 Å². The summed E-state index contributed by atoms with van der Waals surface area (Å²) in [5, 5.41) is 8.05. The lowest BCUT2D eigenvalue weighted by molar-refractivity contribution is 0.102. The van der Waals surface area contributed by atoms with Gasteiger partial charge in [-0.3, -0.25) is 4.79 Å². The molecule has 8 heteroatoms. The van der Waals surface area contributed by atoms with Crippen molar-refractivity contribution in [2.75, 3.05) is 5.32 Å². The molecule has 0 radical (unpaired) electrons. The van der Waals surface area contributed by atoms with Crippen LogP contribution in [0.15, 0.2) is 65.5 Å². The van der Waals surface area contributed by atoms with Crippen molar-refractivity contribution >= 4 is 38.6 Å². The Morgan fingerprint density at radius 1 is 1.10 bits per heavy atom. The summed E-state index contributed by atoms with van der Waals surface area (Å²) < 4.78 is 8.44. The number of hydrogen-bond donors (Lipinski definition) is 1. The van der Waals surface area contributed by atoms with E-state index in [9.17, 15) is 4.79 Å². The van der Waals surface area contributed by atoms with Crippen molar-refractivity contribution < 1.29 is 9.53 Å². The van der Waals surface area contributed by atoms with Crippen molar-refractivity contribution in [3.8, 4) is 11.6 Å². The molecule has 0 saturated heterocycles. The van der Waals surface area contributed by atoms with Crippen LogP contribution in [0.1, 0.15) is 30.2 Å². The minimum absolute atomic E-state index is 0.212. The number of carbonyl (C=O) groups excluding carboxylic acids is 1. The Hall–Kier alpha value is -3.26. The van der Waals surface area contributed by atoms with Gasteiger partial charge in [0.05, 0.1) is 23.6 Å². The lowest BCUT2D eigenvalue weighted by Crippen LogP contribution is -2.12. The number of fused-ring (bicyclic) bond motifs is 1. The Morgan fingerprint density at radius 3 is 2.69 bits per heavy atom. The van der Waals surface area contributed by atoms with Gasteiger partial charge in [0.25, 0.3) is 5.91 Å². The highest BCUT2D eigenvalue weighted by atomic mass is 79.9. The minimum Gasteiger partial charge on any atom is -0.439 e. The number of hydrogen-bond acceptors (Lipinski definition) is 5. The molecule has 1 N–H and O–H groups in total. The number of rotatable bonds is 5. The average molecular weight is 452 g/mol. The smallest absolute Gasteiger partial charge is 0.257 e. The summed E-state index contributed by atoms with van der Waals surface area (Å²) in [6, 6.07) is 12.8. The van der Waals surface area contributed by atoms with Crippen LogP contribution >= 0.6 is 15.9 Å². The number of carbonyl (C=O) groups is 1. The maximum atomic E-state index is 12.5. The number of amides is 1. The van der Waals surface area contributed by atoms with Gasteiger partial charge in [0.15, 0.2) is 5.65 Å². The zero-order valence-electron chi connectivity index (χ0n) is 15.8. The third kappa shape index (κ3) is 4.27. The molecule has 4 aromatic rings. The van der Waals surface area contributed by atoms with Crippen molar-refractivity contribution in [1.29, 1.82) is 0 Å². The van der Waals surface area contributed by atoms with E-state index in [-0.39, 0.29) is 11.9 Å². The molecule has 0 unspecified atom stereocenters. The minimum atomic E-state index is -0.274. The van der Waals surface area contributed by atoms with Crippen LogP contribution in [0.5, 0.6) is 11.6 Å². The van der Waals surface area contributed by atoms with Gasteiger partial charge in [-0.25, -0.2) is 14.6 Å². The fourth-order valence-corrected chi connectivity index (χ4v) is 3.19. The lowest BCUT2D eigenvalue weighted by atomic mass is 10.2. The quantitative estimate of drug-likeness (QED) is 0.449. The lowest BCUT2D eigenvalue weighted by Gasteiger charge is -2.08. The Morgan fingerprint density at radius 2 is 1.97 bits per heavy atom. The Kier molecular flexibility index (Phi) is 5.26. The Bertz CT molecular complexity index is 1170. The molecule has 0 bridgehead atoms. The molecule has 0 saturated carbocycles. The van der Waals surface area contributed by atoms with Gasteiger partial charge in [-0.2, -0.15) is 5.10 Å². The molecule has 0 atom stereocenters. The molecular weight excluding hydrogens is 434 g/mol. The summed E-state index contributed by atoms with van der Waals surface area (Å²) in [6.07, 6.45) is 4.85. The molecule has 0 spiro atoms. The van der Waals surface area contributed by atoms with Gasteiger partial charge in [-0.15, -0.1) is 0 Å². The second-order valence-corrected chi connectivity index (χ2v) is 7.63. The predicted molar refractivity (Wildman–Crippen MR) is 114 cm³/mol. The van der Waals surface area contributed by atoms with Crippen LogP contribution in [0.25, 0.3) is 11.0 Å². The maximum absolute atomic E-state index is 12.5. The molecule has 0 fully saturated rings. The summed E-state index contributed by atoms with van der Waals surface area (Å²) in [4.78, 5) is 21.2. The van der Waals surface area contributed by atoms with Crippen molar-refractivity contribution in [1.82, 2.24) is 19.7 Å². The highest BCUT2D eigenvalue weighted by Gasteiger charge is 2.11. The first-order chi connectivity index (χ1) is 14.0. The predicted octanol–water partition coefficient (Wildman–Crippen LogP) is 5.21. The van der Waals surface area contributed by atoms with Gasteiger partial charge in [-0.05, 0) is 44.2 Å². The van der Waals surface area contributed by atoms with Crippen LogP contribution in [0.3, 0.4) is 0 Å². The number of anilines is 1. The summed E-state index contributed by atoms with van der Waals surface area (Å²) >= 11 is 3.40. The standard InChI is InChI=1S/C21H18BrN5O2/c1-13(2)27-20-15(11-25-27)8-17(12-24-20)26-21(28)14-6-7-19(23-10-14)29-18-5-3-4-16(22)9-18/h3-13H,1-2H3,(H,26,28). The normalized spacial score (nSPS) is 11.0. The fourth-order valence-electron chi connectivity index (χ4n) is 2.82. The van der Waals surface area contributed by atoms with Gasteiger partial charge in [0.2, 0.25) is 5.88 Å². The molecule has 1 aromatic carbocycles. The topological polar surface area (TPSA) is 81.9 Å². The van der Waals surface area contributed by atoms with E-state index in [2.05, 4.69) is 36.3 Å². The van der Waals surface area contributed by atoms with Crippen molar-refractivity contribution in [2.24, 2.45) is 0 Å². The van der Waals surface area contributed by atoms with Crippen LogP contribution in [0, 0.1) is 0 Å². The number of benzene rings is 1. The number of pyridine rings is 2. The number of aromatic nitrogens is 4. The first-order valence-electron chi connectivity index (χ1n) is 9.04. The monoisotopic (exact) mass is 451 g/mol. The third-order valence-electron chi connectivity index (χ3n) is 4.20. The highest BCUT2D eigenvalue weighted by molar-refractivity contribution is 9.10. The summed E-state index contributed by atoms with van der Waals surface area (Å²) in [5.41, 5.74) is 1.80. The van der Waals surface area contributed by atoms with Crippen molar-refractivity contribution in [3.63, 3.8) is 0 Å². The van der Waals surface area contributed by atoms with E-state index in [4.69, 9.17) is 4.74 Å². The third-order valence-corrected chi connectivity index (χ3v) is 4.69. The maximum Gasteiger partial charge on any atom is 0.257 e.